The number of benzene rings is 1. The fourth-order valence-electron chi connectivity index (χ4n) is 2.33. The SMILES string of the molecule is CNNC(=O)C1(c2cc(Cl)cc(C)c2OC)CC1. The summed E-state index contributed by atoms with van der Waals surface area (Å²) in [5, 5.41) is 0.631. The Morgan fingerprint density at radius 2 is 2.11 bits per heavy atom. The lowest BCUT2D eigenvalue weighted by Gasteiger charge is -2.20. The summed E-state index contributed by atoms with van der Waals surface area (Å²) in [6.45, 7) is 1.93. The molecule has 1 aromatic carbocycles. The summed E-state index contributed by atoms with van der Waals surface area (Å²) < 4.78 is 5.43. The maximum atomic E-state index is 12.1. The number of hydrogen-bond donors (Lipinski definition) is 2. The van der Waals surface area contributed by atoms with Crippen LogP contribution in [0.5, 0.6) is 5.75 Å². The van der Waals surface area contributed by atoms with Crippen LogP contribution in [0.25, 0.3) is 0 Å². The Labute approximate surface area is 112 Å². The van der Waals surface area contributed by atoms with Crippen molar-refractivity contribution in [2.45, 2.75) is 25.2 Å². The Balaban J connectivity index is 2.47. The third kappa shape index (κ3) is 2.06. The molecule has 0 aromatic heterocycles. The van der Waals surface area contributed by atoms with Gasteiger partial charge in [0.1, 0.15) is 5.75 Å². The maximum Gasteiger partial charge on any atom is 0.244 e. The predicted molar refractivity (Wildman–Crippen MR) is 70.9 cm³/mol. The van der Waals surface area contributed by atoms with Gasteiger partial charge in [0.15, 0.2) is 0 Å². The van der Waals surface area contributed by atoms with Gasteiger partial charge >= 0.3 is 0 Å². The van der Waals surface area contributed by atoms with E-state index in [9.17, 15) is 4.79 Å². The molecule has 0 bridgehead atoms. The number of aryl methyl sites for hydroxylation is 1. The first-order valence-corrected chi connectivity index (χ1v) is 6.25. The fraction of sp³-hybridized carbons (Fsp3) is 0.462. The van der Waals surface area contributed by atoms with E-state index in [0.717, 1.165) is 29.7 Å². The number of nitrogens with one attached hydrogen (secondary N) is 2. The average Bonchev–Trinajstić information content (AvgIpc) is 3.09. The zero-order valence-corrected chi connectivity index (χ0v) is 11.5. The van der Waals surface area contributed by atoms with Crippen molar-refractivity contribution in [3.8, 4) is 5.75 Å². The first kappa shape index (κ1) is 13.2. The van der Waals surface area contributed by atoms with Gasteiger partial charge in [-0.3, -0.25) is 10.2 Å². The minimum atomic E-state index is -0.496. The second-order valence-corrected chi connectivity index (χ2v) is 5.03. The minimum absolute atomic E-state index is 0.0371. The van der Waals surface area contributed by atoms with Crippen LogP contribution in [0.2, 0.25) is 5.02 Å². The summed E-state index contributed by atoms with van der Waals surface area (Å²) in [4.78, 5) is 12.1. The topological polar surface area (TPSA) is 50.4 Å². The molecule has 1 aliphatic carbocycles. The predicted octanol–water partition coefficient (Wildman–Crippen LogP) is 1.94. The molecular formula is C13H17ClN2O2. The highest BCUT2D eigenvalue weighted by Crippen LogP contribution is 2.52. The van der Waals surface area contributed by atoms with Crippen molar-refractivity contribution >= 4 is 17.5 Å². The van der Waals surface area contributed by atoms with Gasteiger partial charge in [-0.1, -0.05) is 11.6 Å². The van der Waals surface area contributed by atoms with Crippen LogP contribution in [0.3, 0.4) is 0 Å². The second-order valence-electron chi connectivity index (χ2n) is 4.59. The Kier molecular flexibility index (Phi) is 3.50. The number of hydrazine groups is 1. The van der Waals surface area contributed by atoms with Gasteiger partial charge in [0.05, 0.1) is 12.5 Å². The van der Waals surface area contributed by atoms with Gasteiger partial charge in [-0.15, -0.1) is 0 Å². The van der Waals surface area contributed by atoms with Gasteiger partial charge < -0.3 is 4.74 Å². The quantitative estimate of drug-likeness (QED) is 0.821. The van der Waals surface area contributed by atoms with Crippen LogP contribution in [-0.4, -0.2) is 20.1 Å². The number of methoxy groups -OCH3 is 1. The van der Waals surface area contributed by atoms with E-state index in [1.807, 2.05) is 19.1 Å². The zero-order chi connectivity index (χ0) is 13.3. The monoisotopic (exact) mass is 268 g/mol. The molecule has 2 N–H and O–H groups in total. The molecule has 0 saturated heterocycles. The van der Waals surface area contributed by atoms with Crippen molar-refractivity contribution in [1.29, 1.82) is 0 Å². The van der Waals surface area contributed by atoms with Gasteiger partial charge in [-0.05, 0) is 37.5 Å². The van der Waals surface area contributed by atoms with Crippen LogP contribution < -0.4 is 15.6 Å². The molecule has 18 heavy (non-hydrogen) atoms. The van der Waals surface area contributed by atoms with E-state index in [0.29, 0.717) is 5.02 Å². The van der Waals surface area contributed by atoms with Crippen molar-refractivity contribution in [1.82, 2.24) is 10.9 Å². The second kappa shape index (κ2) is 4.78. The summed E-state index contributed by atoms with van der Waals surface area (Å²) in [5.74, 6) is 0.716. The number of ether oxygens (including phenoxy) is 1. The van der Waals surface area contributed by atoms with Crippen molar-refractivity contribution in [2.75, 3.05) is 14.2 Å². The fourth-order valence-corrected chi connectivity index (χ4v) is 2.61. The van der Waals surface area contributed by atoms with Crippen LogP contribution in [0.4, 0.5) is 0 Å². The molecule has 1 fully saturated rings. The van der Waals surface area contributed by atoms with Crippen molar-refractivity contribution in [3.63, 3.8) is 0 Å². The van der Waals surface area contributed by atoms with Crippen LogP contribution in [0.15, 0.2) is 12.1 Å². The van der Waals surface area contributed by atoms with Crippen molar-refractivity contribution < 1.29 is 9.53 Å². The van der Waals surface area contributed by atoms with E-state index in [4.69, 9.17) is 16.3 Å². The molecule has 1 amide bonds. The van der Waals surface area contributed by atoms with Crippen LogP contribution in [0.1, 0.15) is 24.0 Å². The molecule has 0 heterocycles. The standard InChI is InChI=1S/C13H17ClN2O2/c1-8-6-9(14)7-10(11(8)18-3)13(4-5-13)12(17)16-15-2/h6-7,15H,4-5H2,1-3H3,(H,16,17). The minimum Gasteiger partial charge on any atom is -0.496 e. The van der Waals surface area contributed by atoms with E-state index in [1.165, 1.54) is 0 Å². The molecule has 1 aromatic rings. The van der Waals surface area contributed by atoms with Crippen molar-refractivity contribution in [2.24, 2.45) is 0 Å². The first-order chi connectivity index (χ1) is 8.55. The van der Waals surface area contributed by atoms with Gasteiger partial charge in [-0.2, -0.15) is 0 Å². The van der Waals surface area contributed by atoms with Gasteiger partial charge in [-0.25, -0.2) is 5.43 Å². The van der Waals surface area contributed by atoms with E-state index in [2.05, 4.69) is 10.9 Å². The lowest BCUT2D eigenvalue weighted by Crippen LogP contribution is -2.41. The summed E-state index contributed by atoms with van der Waals surface area (Å²) in [7, 11) is 3.29. The summed E-state index contributed by atoms with van der Waals surface area (Å²) in [6, 6.07) is 3.67. The van der Waals surface area contributed by atoms with Crippen LogP contribution in [0, 0.1) is 6.92 Å². The molecule has 5 heteroatoms. The summed E-state index contributed by atoms with van der Waals surface area (Å²) in [6.07, 6.45) is 1.63. The highest BCUT2D eigenvalue weighted by molar-refractivity contribution is 6.30. The number of rotatable bonds is 4. The largest absolute Gasteiger partial charge is 0.496 e. The molecule has 0 radical (unpaired) electrons. The molecule has 4 nitrogen and oxygen atoms in total. The molecule has 0 unspecified atom stereocenters. The maximum absolute atomic E-state index is 12.1. The number of carbonyl (C=O) groups is 1. The lowest BCUT2D eigenvalue weighted by molar-refractivity contribution is -0.124. The van der Waals surface area contributed by atoms with Crippen molar-refractivity contribution in [3.05, 3.63) is 28.3 Å². The van der Waals surface area contributed by atoms with E-state index < -0.39 is 5.41 Å². The zero-order valence-electron chi connectivity index (χ0n) is 10.8. The third-order valence-corrected chi connectivity index (χ3v) is 3.60. The smallest absolute Gasteiger partial charge is 0.244 e. The lowest BCUT2D eigenvalue weighted by atomic mass is 9.92. The van der Waals surface area contributed by atoms with Crippen LogP contribution >= 0.6 is 11.6 Å². The van der Waals surface area contributed by atoms with Crippen LogP contribution in [-0.2, 0) is 10.2 Å². The summed E-state index contributed by atoms with van der Waals surface area (Å²) >= 11 is 6.09. The molecule has 1 aliphatic rings. The molecule has 0 atom stereocenters. The van der Waals surface area contributed by atoms with Gasteiger partial charge in [0, 0.05) is 17.6 Å². The number of carbonyl (C=O) groups excluding carboxylic acids is 1. The Morgan fingerprint density at radius 1 is 1.44 bits per heavy atom. The molecule has 0 spiro atoms. The number of halogens is 1. The normalized spacial score (nSPS) is 16.2. The Bertz CT molecular complexity index is 484. The molecule has 1 saturated carbocycles. The average molecular weight is 269 g/mol. The molecule has 2 rings (SSSR count). The number of hydrogen-bond acceptors (Lipinski definition) is 3. The van der Waals surface area contributed by atoms with E-state index >= 15 is 0 Å². The molecule has 98 valence electrons. The number of amides is 1. The first-order valence-electron chi connectivity index (χ1n) is 5.87. The van der Waals surface area contributed by atoms with Gasteiger partial charge in [0.25, 0.3) is 0 Å². The third-order valence-electron chi connectivity index (χ3n) is 3.38. The Hall–Kier alpha value is -1.26. The summed E-state index contributed by atoms with van der Waals surface area (Å²) in [5.41, 5.74) is 6.66. The van der Waals surface area contributed by atoms with E-state index in [-0.39, 0.29) is 5.91 Å². The highest BCUT2D eigenvalue weighted by Gasteiger charge is 2.53. The molecule has 0 aliphatic heterocycles. The Morgan fingerprint density at radius 3 is 2.61 bits per heavy atom. The van der Waals surface area contributed by atoms with E-state index in [1.54, 1.807) is 14.2 Å². The highest BCUT2D eigenvalue weighted by atomic mass is 35.5. The van der Waals surface area contributed by atoms with Gasteiger partial charge in [0.2, 0.25) is 5.91 Å². The molecular weight excluding hydrogens is 252 g/mol.